The van der Waals surface area contributed by atoms with Gasteiger partial charge >= 0.3 is 0 Å². The van der Waals surface area contributed by atoms with Crippen LogP contribution in [0.4, 0.5) is 0 Å². The third-order valence-electron chi connectivity index (χ3n) is 3.34. The highest BCUT2D eigenvalue weighted by molar-refractivity contribution is 9.10. The van der Waals surface area contributed by atoms with Crippen LogP contribution in [0.3, 0.4) is 0 Å². The Morgan fingerprint density at radius 2 is 1.77 bits per heavy atom. The molecule has 2 heterocycles. The molecule has 1 saturated carbocycles. The Bertz CT molecular complexity index is 783. The zero-order valence-corrected chi connectivity index (χ0v) is 14.0. The maximum Gasteiger partial charge on any atom is 0.216 e. The molecule has 0 saturated heterocycles. The standard InChI is InChI=1S/C15H12BrN5S/c16-11-8-17-14(18-9-11)22-15-19-13(10-6-7-10)21(20-15)12-4-2-1-3-5-12/h1-5,8-10H,6-7H2. The van der Waals surface area contributed by atoms with Gasteiger partial charge in [-0.1, -0.05) is 18.2 Å². The quantitative estimate of drug-likeness (QED) is 0.650. The van der Waals surface area contributed by atoms with Crippen LogP contribution in [-0.4, -0.2) is 24.7 Å². The van der Waals surface area contributed by atoms with Crippen LogP contribution >= 0.6 is 27.7 Å². The van der Waals surface area contributed by atoms with Crippen LogP contribution in [0.2, 0.25) is 0 Å². The van der Waals surface area contributed by atoms with Gasteiger partial charge < -0.3 is 0 Å². The minimum Gasteiger partial charge on any atom is -0.230 e. The van der Waals surface area contributed by atoms with Gasteiger partial charge in [0.25, 0.3) is 0 Å². The molecule has 0 amide bonds. The van der Waals surface area contributed by atoms with Crippen molar-refractivity contribution in [3.8, 4) is 5.69 Å². The largest absolute Gasteiger partial charge is 0.230 e. The van der Waals surface area contributed by atoms with Crippen molar-refractivity contribution >= 4 is 27.7 Å². The Hall–Kier alpha value is -1.73. The summed E-state index contributed by atoms with van der Waals surface area (Å²) in [5, 5.41) is 5.97. The molecule has 7 heteroatoms. The van der Waals surface area contributed by atoms with Gasteiger partial charge in [0.2, 0.25) is 5.16 Å². The van der Waals surface area contributed by atoms with Crippen molar-refractivity contribution in [2.45, 2.75) is 29.1 Å². The molecule has 22 heavy (non-hydrogen) atoms. The molecule has 0 bridgehead atoms. The molecule has 0 N–H and O–H groups in total. The van der Waals surface area contributed by atoms with E-state index in [0.29, 0.717) is 16.2 Å². The van der Waals surface area contributed by atoms with E-state index in [1.807, 2.05) is 35.0 Å². The molecule has 1 aliphatic carbocycles. The lowest BCUT2D eigenvalue weighted by Gasteiger charge is -2.03. The fourth-order valence-corrected chi connectivity index (χ4v) is 2.99. The Balaban J connectivity index is 1.68. The molecule has 0 aliphatic heterocycles. The highest BCUT2D eigenvalue weighted by atomic mass is 79.9. The fraction of sp³-hybridized carbons (Fsp3) is 0.200. The van der Waals surface area contributed by atoms with E-state index in [-0.39, 0.29) is 0 Å². The first-order valence-corrected chi connectivity index (χ1v) is 8.58. The van der Waals surface area contributed by atoms with E-state index < -0.39 is 0 Å². The van der Waals surface area contributed by atoms with Crippen LogP contribution < -0.4 is 0 Å². The second-order valence-electron chi connectivity index (χ2n) is 5.06. The molecule has 1 fully saturated rings. The number of para-hydroxylation sites is 1. The average Bonchev–Trinajstić information content (AvgIpc) is 3.31. The second kappa shape index (κ2) is 5.81. The van der Waals surface area contributed by atoms with E-state index in [9.17, 15) is 0 Å². The van der Waals surface area contributed by atoms with Crippen LogP contribution in [0.15, 0.2) is 57.5 Å². The Morgan fingerprint density at radius 3 is 2.45 bits per heavy atom. The van der Waals surface area contributed by atoms with Crippen LogP contribution in [0, 0.1) is 0 Å². The monoisotopic (exact) mass is 373 g/mol. The number of benzene rings is 1. The van der Waals surface area contributed by atoms with E-state index in [0.717, 1.165) is 16.0 Å². The number of nitrogens with zero attached hydrogens (tertiary/aromatic N) is 5. The minimum absolute atomic E-state index is 0.521. The van der Waals surface area contributed by atoms with Crippen LogP contribution in [0.5, 0.6) is 0 Å². The van der Waals surface area contributed by atoms with Gasteiger partial charge in [0.05, 0.1) is 10.2 Å². The molecular weight excluding hydrogens is 362 g/mol. The maximum atomic E-state index is 4.69. The first-order chi connectivity index (χ1) is 10.8. The predicted octanol–water partition coefficient (Wildman–Crippen LogP) is 3.85. The summed E-state index contributed by atoms with van der Waals surface area (Å²) in [4.78, 5) is 13.2. The van der Waals surface area contributed by atoms with E-state index in [4.69, 9.17) is 0 Å². The van der Waals surface area contributed by atoms with Gasteiger partial charge in [-0.05, 0) is 52.7 Å². The third-order valence-corrected chi connectivity index (χ3v) is 4.49. The van der Waals surface area contributed by atoms with Gasteiger partial charge in [0.1, 0.15) is 5.82 Å². The Morgan fingerprint density at radius 1 is 1.05 bits per heavy atom. The van der Waals surface area contributed by atoms with Crippen molar-refractivity contribution in [2.24, 2.45) is 0 Å². The molecule has 0 atom stereocenters. The predicted molar refractivity (Wildman–Crippen MR) is 87.2 cm³/mol. The molecule has 0 unspecified atom stereocenters. The highest BCUT2D eigenvalue weighted by Crippen LogP contribution is 2.40. The number of rotatable bonds is 4. The molecule has 3 aromatic rings. The molecule has 1 aromatic carbocycles. The first kappa shape index (κ1) is 13.9. The first-order valence-electron chi connectivity index (χ1n) is 6.97. The normalized spacial score (nSPS) is 14.2. The van der Waals surface area contributed by atoms with Gasteiger partial charge in [-0.15, -0.1) is 5.10 Å². The summed E-state index contributed by atoms with van der Waals surface area (Å²) >= 11 is 4.72. The van der Waals surface area contributed by atoms with Gasteiger partial charge in [-0.3, -0.25) is 0 Å². The molecule has 110 valence electrons. The summed E-state index contributed by atoms with van der Waals surface area (Å²) in [5.74, 6) is 1.55. The molecule has 0 spiro atoms. The van der Waals surface area contributed by atoms with Crippen molar-refractivity contribution in [2.75, 3.05) is 0 Å². The number of halogens is 1. The summed E-state index contributed by atoms with van der Waals surface area (Å²) < 4.78 is 2.80. The lowest BCUT2D eigenvalue weighted by Crippen LogP contribution is -2.01. The Kier molecular flexibility index (Phi) is 3.67. The molecule has 4 rings (SSSR count). The lowest BCUT2D eigenvalue weighted by molar-refractivity contribution is 0.781. The van der Waals surface area contributed by atoms with Crippen molar-refractivity contribution in [3.05, 3.63) is 53.0 Å². The number of hydrogen-bond donors (Lipinski definition) is 0. The lowest BCUT2D eigenvalue weighted by atomic mass is 10.3. The molecular formula is C15H12BrN5S. The average molecular weight is 374 g/mol. The smallest absolute Gasteiger partial charge is 0.216 e. The fourth-order valence-electron chi connectivity index (χ4n) is 2.15. The van der Waals surface area contributed by atoms with E-state index in [1.165, 1.54) is 24.6 Å². The van der Waals surface area contributed by atoms with Gasteiger partial charge in [-0.2, -0.15) is 0 Å². The zero-order valence-electron chi connectivity index (χ0n) is 11.6. The van der Waals surface area contributed by atoms with Gasteiger partial charge in [0.15, 0.2) is 5.16 Å². The third kappa shape index (κ3) is 2.91. The van der Waals surface area contributed by atoms with Gasteiger partial charge in [-0.25, -0.2) is 19.6 Å². The topological polar surface area (TPSA) is 56.5 Å². The van der Waals surface area contributed by atoms with Crippen molar-refractivity contribution < 1.29 is 0 Å². The van der Waals surface area contributed by atoms with Crippen molar-refractivity contribution in [1.82, 2.24) is 24.7 Å². The Labute approximate surface area is 140 Å². The van der Waals surface area contributed by atoms with E-state index in [1.54, 1.807) is 12.4 Å². The van der Waals surface area contributed by atoms with Crippen molar-refractivity contribution in [1.29, 1.82) is 0 Å². The molecule has 5 nitrogen and oxygen atoms in total. The molecule has 0 radical (unpaired) electrons. The summed E-state index contributed by atoms with van der Waals surface area (Å²) in [7, 11) is 0. The molecule has 1 aliphatic rings. The zero-order chi connectivity index (χ0) is 14.9. The van der Waals surface area contributed by atoms with E-state index in [2.05, 4.69) is 36.0 Å². The van der Waals surface area contributed by atoms with Crippen LogP contribution in [-0.2, 0) is 0 Å². The summed E-state index contributed by atoms with van der Waals surface area (Å²) in [6.07, 6.45) is 5.82. The summed E-state index contributed by atoms with van der Waals surface area (Å²) in [5.41, 5.74) is 1.04. The van der Waals surface area contributed by atoms with Crippen molar-refractivity contribution in [3.63, 3.8) is 0 Å². The molecule has 2 aromatic heterocycles. The summed E-state index contributed by atoms with van der Waals surface area (Å²) in [6, 6.07) is 10.1. The van der Waals surface area contributed by atoms with Crippen LogP contribution in [0.25, 0.3) is 5.69 Å². The maximum absolute atomic E-state index is 4.69. The number of hydrogen-bond acceptors (Lipinski definition) is 5. The van der Waals surface area contributed by atoms with Crippen LogP contribution in [0.1, 0.15) is 24.6 Å². The summed E-state index contributed by atoms with van der Waals surface area (Å²) in [6.45, 7) is 0. The number of aromatic nitrogens is 5. The minimum atomic E-state index is 0.521. The second-order valence-corrected chi connectivity index (χ2v) is 6.91. The van der Waals surface area contributed by atoms with Gasteiger partial charge in [0, 0.05) is 18.3 Å². The highest BCUT2D eigenvalue weighted by Gasteiger charge is 2.30. The van der Waals surface area contributed by atoms with E-state index >= 15 is 0 Å². The SMILES string of the molecule is Brc1cnc(Sc2nc(C3CC3)n(-c3ccccc3)n2)nc1.